The largest absolute Gasteiger partial charge is 0.465 e. The van der Waals surface area contributed by atoms with Crippen LogP contribution in [-0.2, 0) is 23.9 Å². The van der Waals surface area contributed by atoms with Crippen LogP contribution in [0.1, 0.15) is 51.9 Å². The van der Waals surface area contributed by atoms with Crippen molar-refractivity contribution in [2.24, 2.45) is 11.8 Å². The first kappa shape index (κ1) is 29.3. The van der Waals surface area contributed by atoms with Crippen LogP contribution in [0.5, 0.6) is 0 Å². The molecule has 0 aromatic heterocycles. The van der Waals surface area contributed by atoms with Crippen molar-refractivity contribution >= 4 is 35.1 Å². The van der Waals surface area contributed by atoms with Crippen molar-refractivity contribution in [1.29, 1.82) is 0 Å². The molecule has 1 N–H and O–H groups in total. The summed E-state index contributed by atoms with van der Waals surface area (Å²) in [6.07, 6.45) is 7.31. The zero-order valence-corrected chi connectivity index (χ0v) is 23.4. The van der Waals surface area contributed by atoms with E-state index in [1.165, 1.54) is 0 Å². The third-order valence-corrected chi connectivity index (χ3v) is 8.81. The van der Waals surface area contributed by atoms with E-state index in [0.29, 0.717) is 49.2 Å². The normalized spacial score (nSPS) is 28.8. The summed E-state index contributed by atoms with van der Waals surface area (Å²) >= 11 is 6.51. The number of hydrogen-bond donors (Lipinski definition) is 1. The van der Waals surface area contributed by atoms with Gasteiger partial charge in [0.2, 0.25) is 5.91 Å². The lowest BCUT2D eigenvalue weighted by Crippen LogP contribution is -2.56. The molecule has 1 aromatic rings. The minimum atomic E-state index is -1.16. The highest BCUT2D eigenvalue weighted by Crippen LogP contribution is 2.64. The molecular formula is C30H39ClN2O6. The van der Waals surface area contributed by atoms with Gasteiger partial charge >= 0.3 is 5.97 Å². The number of halogens is 1. The average Bonchev–Trinajstić information content (AvgIpc) is 3.54. The van der Waals surface area contributed by atoms with Crippen LogP contribution in [0.15, 0.2) is 49.6 Å². The fraction of sp³-hybridized carbons (Fsp3) is 0.567. The minimum absolute atomic E-state index is 0.0213. The molecule has 3 heterocycles. The van der Waals surface area contributed by atoms with E-state index in [4.69, 9.17) is 21.1 Å². The fourth-order valence-corrected chi connectivity index (χ4v) is 6.97. The summed E-state index contributed by atoms with van der Waals surface area (Å²) in [6.45, 7) is 10.1. The predicted octanol–water partition coefficient (Wildman–Crippen LogP) is 4.30. The molecule has 0 aliphatic carbocycles. The number of esters is 1. The number of fused-ring (bicyclic) bond motifs is 1. The maximum absolute atomic E-state index is 14.5. The number of ether oxygens (including phenoxy) is 2. The van der Waals surface area contributed by atoms with Crippen LogP contribution in [0.4, 0.5) is 5.69 Å². The summed E-state index contributed by atoms with van der Waals surface area (Å²) in [5, 5.41) is 9.79. The highest BCUT2D eigenvalue weighted by atomic mass is 35.5. The number of aliphatic hydroxyl groups excluding tert-OH is 1. The lowest BCUT2D eigenvalue weighted by molar-refractivity contribution is -0.161. The number of carbonyl (C=O) groups is 3. The number of rotatable bonds is 14. The molecule has 1 aromatic carbocycles. The van der Waals surface area contributed by atoms with Crippen LogP contribution in [0.3, 0.4) is 0 Å². The highest BCUT2D eigenvalue weighted by molar-refractivity contribution is 6.34. The van der Waals surface area contributed by atoms with Gasteiger partial charge in [-0.15, -0.1) is 13.2 Å². The maximum atomic E-state index is 14.5. The molecule has 1 spiro atoms. The summed E-state index contributed by atoms with van der Waals surface area (Å²) in [5.41, 5.74) is -1.50. The topological polar surface area (TPSA) is 96.4 Å². The molecule has 3 aliphatic heterocycles. The van der Waals surface area contributed by atoms with Crippen molar-refractivity contribution in [1.82, 2.24) is 4.90 Å². The van der Waals surface area contributed by atoms with Crippen molar-refractivity contribution in [3.05, 3.63) is 54.6 Å². The Kier molecular flexibility index (Phi) is 9.19. The molecule has 0 saturated carbocycles. The van der Waals surface area contributed by atoms with Gasteiger partial charge < -0.3 is 24.4 Å². The van der Waals surface area contributed by atoms with Crippen LogP contribution in [-0.4, -0.2) is 71.3 Å². The van der Waals surface area contributed by atoms with E-state index in [1.807, 2.05) is 6.92 Å². The second-order valence-corrected chi connectivity index (χ2v) is 11.0. The Balaban J connectivity index is 1.75. The van der Waals surface area contributed by atoms with Crippen LogP contribution in [0, 0.1) is 11.8 Å². The number of hydrogen-bond acceptors (Lipinski definition) is 6. The first-order valence-electron chi connectivity index (χ1n) is 13.9. The minimum Gasteiger partial charge on any atom is -0.465 e. The number of allylic oxidation sites excluding steroid dienone is 1. The van der Waals surface area contributed by atoms with Gasteiger partial charge in [0.05, 0.1) is 28.8 Å². The Labute approximate surface area is 235 Å². The van der Waals surface area contributed by atoms with Gasteiger partial charge in [0.1, 0.15) is 17.6 Å². The lowest BCUT2D eigenvalue weighted by Gasteiger charge is -2.37. The molecular weight excluding hydrogens is 520 g/mol. The second-order valence-electron chi connectivity index (χ2n) is 10.6. The molecule has 4 rings (SSSR count). The average molecular weight is 559 g/mol. The number of nitrogens with zero attached hydrogens (tertiary/aromatic N) is 2. The Morgan fingerprint density at radius 1 is 1.23 bits per heavy atom. The van der Waals surface area contributed by atoms with Gasteiger partial charge in [0, 0.05) is 19.7 Å². The van der Waals surface area contributed by atoms with E-state index in [2.05, 4.69) is 13.2 Å². The molecule has 2 unspecified atom stereocenters. The first-order valence-corrected chi connectivity index (χ1v) is 14.3. The van der Waals surface area contributed by atoms with E-state index in [-0.39, 0.29) is 38.1 Å². The van der Waals surface area contributed by atoms with Crippen LogP contribution in [0.25, 0.3) is 0 Å². The zero-order chi connectivity index (χ0) is 28.2. The molecule has 3 fully saturated rings. The van der Waals surface area contributed by atoms with Crippen LogP contribution in [0.2, 0.25) is 5.02 Å². The van der Waals surface area contributed by atoms with E-state index in [9.17, 15) is 19.5 Å². The van der Waals surface area contributed by atoms with Gasteiger partial charge in [0.25, 0.3) is 5.91 Å². The number of amides is 2. The van der Waals surface area contributed by atoms with Gasteiger partial charge in [0.15, 0.2) is 0 Å². The molecule has 9 heteroatoms. The highest BCUT2D eigenvalue weighted by Gasteiger charge is 2.79. The number of unbranched alkanes of at least 4 members (excludes halogenated alkanes) is 2. The smallest absolute Gasteiger partial charge is 0.312 e. The number of aliphatic hydroxyl groups is 1. The van der Waals surface area contributed by atoms with Crippen molar-refractivity contribution in [2.45, 2.75) is 69.1 Å². The van der Waals surface area contributed by atoms with Gasteiger partial charge in [-0.25, -0.2) is 0 Å². The number of anilines is 1. The van der Waals surface area contributed by atoms with Crippen molar-refractivity contribution in [2.75, 3.05) is 31.2 Å². The lowest BCUT2D eigenvalue weighted by atomic mass is 9.65. The standard InChI is InChI=1S/C30H39ClN2O6/c1-4-7-12-20-38-28(37)24-23-26(35)33(18-10-11-19-34)25(30(23)16-15-29(24,6-3)39-30)27(36)32(17-5-2)22-14-9-8-13-21(22)31/h4-5,8-9,13-14,23-25,34H,1-2,6-7,10-12,15-20H2,3H3/t23-,24+,25?,29-,30?/m0/s1. The molecule has 0 radical (unpaired) electrons. The van der Waals surface area contributed by atoms with Gasteiger partial charge in [-0.2, -0.15) is 0 Å². The summed E-state index contributed by atoms with van der Waals surface area (Å²) in [5.74, 6) is -2.66. The summed E-state index contributed by atoms with van der Waals surface area (Å²) in [7, 11) is 0. The molecule has 8 nitrogen and oxygen atoms in total. The third kappa shape index (κ3) is 5.03. The van der Waals surface area contributed by atoms with E-state index in [1.54, 1.807) is 46.2 Å². The number of para-hydroxylation sites is 1. The summed E-state index contributed by atoms with van der Waals surface area (Å²) < 4.78 is 12.4. The summed E-state index contributed by atoms with van der Waals surface area (Å²) in [6, 6.07) is 6.11. The van der Waals surface area contributed by atoms with Crippen molar-refractivity contribution < 1.29 is 29.0 Å². The summed E-state index contributed by atoms with van der Waals surface area (Å²) in [4.78, 5) is 45.3. The quantitative estimate of drug-likeness (QED) is 0.208. The first-order chi connectivity index (χ1) is 18.8. The van der Waals surface area contributed by atoms with Gasteiger partial charge in [-0.1, -0.05) is 42.8 Å². The van der Waals surface area contributed by atoms with E-state index < -0.39 is 35.0 Å². The molecule has 5 atom stereocenters. The SMILES string of the molecule is C=CCCCOC(=O)[C@H]1[C@H]2C(=O)N(CCCCO)C(C(=O)N(CC=C)c3ccccc3Cl)C23CC[C@]1(CC)O3. The number of carbonyl (C=O) groups excluding carboxylic acids is 3. The van der Waals surface area contributed by atoms with Gasteiger partial charge in [-0.05, 0) is 57.1 Å². The molecule has 3 saturated heterocycles. The van der Waals surface area contributed by atoms with E-state index >= 15 is 0 Å². The molecule has 2 bridgehead atoms. The van der Waals surface area contributed by atoms with Gasteiger partial charge in [-0.3, -0.25) is 14.4 Å². The number of benzene rings is 1. The Bertz CT molecular complexity index is 1110. The van der Waals surface area contributed by atoms with Crippen molar-refractivity contribution in [3.63, 3.8) is 0 Å². The Hall–Kier alpha value is -2.68. The van der Waals surface area contributed by atoms with Crippen LogP contribution < -0.4 is 4.90 Å². The molecule has 39 heavy (non-hydrogen) atoms. The van der Waals surface area contributed by atoms with Crippen molar-refractivity contribution in [3.8, 4) is 0 Å². The maximum Gasteiger partial charge on any atom is 0.312 e. The van der Waals surface area contributed by atoms with E-state index in [0.717, 1.165) is 6.42 Å². The monoisotopic (exact) mass is 558 g/mol. The molecule has 2 amide bonds. The number of likely N-dealkylation sites (tertiary alicyclic amines) is 1. The zero-order valence-electron chi connectivity index (χ0n) is 22.6. The van der Waals surface area contributed by atoms with Crippen LogP contribution >= 0.6 is 11.6 Å². The molecule has 3 aliphatic rings. The fourth-order valence-electron chi connectivity index (χ4n) is 6.74. The Morgan fingerprint density at radius 3 is 2.67 bits per heavy atom. The third-order valence-electron chi connectivity index (χ3n) is 8.49. The second kappa shape index (κ2) is 12.2. The predicted molar refractivity (Wildman–Crippen MR) is 149 cm³/mol. The Morgan fingerprint density at radius 2 is 2.00 bits per heavy atom. The molecule has 212 valence electrons.